The van der Waals surface area contributed by atoms with Gasteiger partial charge in [0.05, 0.1) is 21.1 Å². The Bertz CT molecular complexity index is 1260. The molecule has 0 bridgehead atoms. The lowest BCUT2D eigenvalue weighted by molar-refractivity contribution is -0.115. The summed E-state index contributed by atoms with van der Waals surface area (Å²) in [6.07, 6.45) is 0.312. The summed E-state index contributed by atoms with van der Waals surface area (Å²) in [4.78, 5) is 34.0. The van der Waals surface area contributed by atoms with E-state index in [1.165, 1.54) is 28.7 Å². The Morgan fingerprint density at radius 3 is 2.83 bits per heavy atom. The predicted molar refractivity (Wildman–Crippen MR) is 120 cm³/mol. The Balaban J connectivity index is 1.43. The lowest BCUT2D eigenvalue weighted by Gasteiger charge is -2.10. The number of amides is 1. The molecule has 1 N–H and O–H groups in total. The molecule has 0 saturated carbocycles. The number of nitrogens with one attached hydrogen (secondary N) is 1. The first-order chi connectivity index (χ1) is 14.0. The van der Waals surface area contributed by atoms with Gasteiger partial charge < -0.3 is 5.32 Å². The largest absolute Gasteiger partial charge is 0.302 e. The van der Waals surface area contributed by atoms with Crippen LogP contribution in [-0.2, 0) is 11.3 Å². The second-order valence-electron chi connectivity index (χ2n) is 6.60. The molecule has 4 rings (SSSR count). The van der Waals surface area contributed by atoms with Gasteiger partial charge in [0.25, 0.3) is 5.56 Å². The van der Waals surface area contributed by atoms with Crippen LogP contribution in [0.15, 0.2) is 52.4 Å². The van der Waals surface area contributed by atoms with Crippen LogP contribution in [0.2, 0.25) is 0 Å². The van der Waals surface area contributed by atoms with Crippen molar-refractivity contribution in [2.75, 3.05) is 11.1 Å². The van der Waals surface area contributed by atoms with Crippen molar-refractivity contribution in [1.82, 2.24) is 14.5 Å². The number of aryl methyl sites for hydroxylation is 1. The van der Waals surface area contributed by atoms with Gasteiger partial charge in [-0.05, 0) is 43.7 Å². The van der Waals surface area contributed by atoms with Crippen LogP contribution in [0.3, 0.4) is 0 Å². The van der Waals surface area contributed by atoms with Crippen LogP contribution in [0.25, 0.3) is 21.1 Å². The van der Waals surface area contributed by atoms with Crippen LogP contribution >= 0.6 is 23.1 Å². The molecule has 6 nitrogen and oxygen atoms in total. The number of para-hydroxylation sites is 1. The van der Waals surface area contributed by atoms with Crippen molar-refractivity contribution in [2.45, 2.75) is 32.0 Å². The first-order valence-electron chi connectivity index (χ1n) is 9.34. The number of fused-ring (bicyclic) bond motifs is 2. The molecule has 148 valence electrons. The number of rotatable bonds is 6. The highest BCUT2D eigenvalue weighted by Gasteiger charge is 2.12. The maximum Gasteiger partial charge on any atom is 0.262 e. The number of carbonyl (C=O) groups is 1. The molecular weight excluding hydrogens is 404 g/mol. The number of nitrogens with zero attached hydrogens (tertiary/aromatic N) is 3. The third-order valence-corrected chi connectivity index (χ3v) is 6.41. The first kappa shape index (κ1) is 19.6. The fraction of sp³-hybridized carbons (Fsp3) is 0.238. The van der Waals surface area contributed by atoms with Gasteiger partial charge in [-0.2, -0.15) is 0 Å². The summed E-state index contributed by atoms with van der Waals surface area (Å²) in [6.45, 7) is 4.49. The van der Waals surface area contributed by atoms with Gasteiger partial charge in [0.15, 0.2) is 10.3 Å². The Labute approximate surface area is 176 Å². The highest BCUT2D eigenvalue weighted by molar-refractivity contribution is 7.99. The Kier molecular flexibility index (Phi) is 5.64. The minimum Gasteiger partial charge on any atom is -0.302 e. The summed E-state index contributed by atoms with van der Waals surface area (Å²) in [6, 6.07) is 13.4. The van der Waals surface area contributed by atoms with Crippen LogP contribution in [0, 0.1) is 6.92 Å². The van der Waals surface area contributed by atoms with Gasteiger partial charge in [0.1, 0.15) is 0 Å². The van der Waals surface area contributed by atoms with E-state index in [4.69, 9.17) is 0 Å². The van der Waals surface area contributed by atoms with Gasteiger partial charge in [-0.1, -0.05) is 41.3 Å². The molecule has 2 heterocycles. The number of benzene rings is 2. The normalized spacial score (nSPS) is 11.2. The van der Waals surface area contributed by atoms with E-state index in [0.717, 1.165) is 10.2 Å². The number of thiazole rings is 1. The molecule has 8 heteroatoms. The maximum absolute atomic E-state index is 12.7. The van der Waals surface area contributed by atoms with Crippen molar-refractivity contribution in [3.05, 3.63) is 58.4 Å². The van der Waals surface area contributed by atoms with E-state index in [0.29, 0.717) is 39.9 Å². The second-order valence-corrected chi connectivity index (χ2v) is 8.69. The van der Waals surface area contributed by atoms with Gasteiger partial charge in [-0.25, -0.2) is 9.97 Å². The zero-order valence-electron chi connectivity index (χ0n) is 16.1. The number of anilines is 1. The van der Waals surface area contributed by atoms with Gasteiger partial charge in [-0.3, -0.25) is 14.2 Å². The third kappa shape index (κ3) is 4.18. The van der Waals surface area contributed by atoms with Gasteiger partial charge in [0, 0.05) is 18.7 Å². The van der Waals surface area contributed by atoms with E-state index in [2.05, 4.69) is 21.4 Å². The number of hydrogen-bond acceptors (Lipinski definition) is 6. The molecule has 0 aliphatic heterocycles. The summed E-state index contributed by atoms with van der Waals surface area (Å²) >= 11 is 2.89. The lowest BCUT2D eigenvalue weighted by atomic mass is 10.2. The van der Waals surface area contributed by atoms with E-state index in [9.17, 15) is 9.59 Å². The molecule has 2 aromatic heterocycles. The van der Waals surface area contributed by atoms with Gasteiger partial charge in [0.2, 0.25) is 5.91 Å². The van der Waals surface area contributed by atoms with Crippen molar-refractivity contribution < 1.29 is 4.79 Å². The topological polar surface area (TPSA) is 76.9 Å². The fourth-order valence-corrected chi connectivity index (χ4v) is 5.02. The number of aromatic nitrogens is 3. The maximum atomic E-state index is 12.7. The highest BCUT2D eigenvalue weighted by atomic mass is 32.2. The predicted octanol–water partition coefficient (Wildman–Crippen LogP) is 4.46. The van der Waals surface area contributed by atoms with Crippen LogP contribution in [0.5, 0.6) is 0 Å². The van der Waals surface area contributed by atoms with E-state index in [1.54, 1.807) is 10.6 Å². The molecule has 0 aliphatic rings. The lowest BCUT2D eigenvalue weighted by Crippen LogP contribution is -2.22. The molecule has 0 fully saturated rings. The molecule has 0 aliphatic carbocycles. The van der Waals surface area contributed by atoms with Gasteiger partial charge >= 0.3 is 0 Å². The number of hydrogen-bond donors (Lipinski definition) is 1. The smallest absolute Gasteiger partial charge is 0.262 e. The zero-order valence-corrected chi connectivity index (χ0v) is 17.8. The zero-order chi connectivity index (χ0) is 20.4. The Morgan fingerprint density at radius 1 is 1.17 bits per heavy atom. The average molecular weight is 425 g/mol. The summed E-state index contributed by atoms with van der Waals surface area (Å²) in [5, 5.41) is 4.73. The summed E-state index contributed by atoms with van der Waals surface area (Å²) < 4.78 is 2.71. The molecule has 0 atom stereocenters. The molecule has 0 spiro atoms. The molecule has 1 amide bonds. The van der Waals surface area contributed by atoms with E-state index in [1.807, 2.05) is 44.2 Å². The first-order valence-corrected chi connectivity index (χ1v) is 11.1. The Hall–Kier alpha value is -2.71. The fourth-order valence-electron chi connectivity index (χ4n) is 3.04. The number of carbonyl (C=O) groups excluding carboxylic acids is 1. The summed E-state index contributed by atoms with van der Waals surface area (Å²) in [5.74, 6) is 0.431. The van der Waals surface area contributed by atoms with E-state index < -0.39 is 0 Å². The molecule has 2 aromatic carbocycles. The van der Waals surface area contributed by atoms with Crippen molar-refractivity contribution in [2.24, 2.45) is 0 Å². The summed E-state index contributed by atoms with van der Waals surface area (Å²) in [7, 11) is 0. The van der Waals surface area contributed by atoms with Gasteiger partial charge in [-0.15, -0.1) is 0 Å². The molecule has 4 aromatic rings. The van der Waals surface area contributed by atoms with Crippen molar-refractivity contribution in [3.8, 4) is 0 Å². The number of thioether (sulfide) groups is 1. The third-order valence-electron chi connectivity index (χ3n) is 4.49. The molecule has 0 saturated heterocycles. The molecule has 29 heavy (non-hydrogen) atoms. The Morgan fingerprint density at radius 2 is 2.00 bits per heavy atom. The van der Waals surface area contributed by atoms with Crippen LogP contribution in [0.4, 0.5) is 5.13 Å². The SMILES string of the molecule is CCn1c(SCCC(=O)Nc2nc3ccc(C)cc3s2)nc2ccccc2c1=O. The van der Waals surface area contributed by atoms with Crippen LogP contribution < -0.4 is 10.9 Å². The van der Waals surface area contributed by atoms with E-state index >= 15 is 0 Å². The van der Waals surface area contributed by atoms with Crippen molar-refractivity contribution in [1.29, 1.82) is 0 Å². The quantitative estimate of drug-likeness (QED) is 0.365. The van der Waals surface area contributed by atoms with Crippen molar-refractivity contribution in [3.63, 3.8) is 0 Å². The summed E-state index contributed by atoms with van der Waals surface area (Å²) in [5.41, 5.74) is 2.69. The second kappa shape index (κ2) is 8.34. The highest BCUT2D eigenvalue weighted by Crippen LogP contribution is 2.27. The molecular formula is C21H20N4O2S2. The monoisotopic (exact) mass is 424 g/mol. The average Bonchev–Trinajstić information content (AvgIpc) is 3.09. The molecule has 0 unspecified atom stereocenters. The van der Waals surface area contributed by atoms with Crippen LogP contribution in [0.1, 0.15) is 18.9 Å². The standard InChI is InChI=1S/C21H20N4O2S2/c1-3-25-19(27)14-6-4-5-7-15(14)23-21(25)28-11-10-18(26)24-20-22-16-9-8-13(2)12-17(16)29-20/h4-9,12H,3,10-11H2,1-2H3,(H,22,24,26). The van der Waals surface area contributed by atoms with Crippen LogP contribution in [-0.4, -0.2) is 26.2 Å². The van der Waals surface area contributed by atoms with E-state index in [-0.39, 0.29) is 11.5 Å². The minimum atomic E-state index is -0.0977. The van der Waals surface area contributed by atoms with Crippen molar-refractivity contribution >= 4 is 55.3 Å². The minimum absolute atomic E-state index is 0.0465. The molecule has 0 radical (unpaired) electrons.